The Kier molecular flexibility index (Phi) is 7.01. The van der Waals surface area contributed by atoms with Crippen LogP contribution in [0.2, 0.25) is 0 Å². The van der Waals surface area contributed by atoms with Gasteiger partial charge in [-0.25, -0.2) is 14.3 Å². The van der Waals surface area contributed by atoms with Gasteiger partial charge in [0.05, 0.1) is 23.0 Å². The van der Waals surface area contributed by atoms with Crippen molar-refractivity contribution >= 4 is 41.1 Å². The second-order valence-electron chi connectivity index (χ2n) is 8.23. The lowest BCUT2D eigenvalue weighted by Crippen LogP contribution is -2.64. The van der Waals surface area contributed by atoms with Gasteiger partial charge in [0.25, 0.3) is 5.69 Å². The summed E-state index contributed by atoms with van der Waals surface area (Å²) in [7, 11) is 0. The molecule has 180 valence electrons. The number of H-pyrrole nitrogens is 1. The number of nitrogens with zero attached hydrogens (tertiary/aromatic N) is 3. The molecule has 3 heterocycles. The molecule has 2 aliphatic heterocycles. The van der Waals surface area contributed by atoms with Crippen LogP contribution in [0, 0.1) is 22.0 Å². The molecule has 10 nitrogen and oxygen atoms in total. The van der Waals surface area contributed by atoms with Gasteiger partial charge in [0.15, 0.2) is 0 Å². The number of nitro benzene ring substituents is 1. The van der Waals surface area contributed by atoms with E-state index in [1.54, 1.807) is 30.8 Å². The van der Waals surface area contributed by atoms with E-state index < -0.39 is 29.0 Å². The number of aliphatic hydroxyl groups excluding tert-OH is 1. The van der Waals surface area contributed by atoms with Crippen molar-refractivity contribution in [2.75, 3.05) is 12.0 Å². The average molecular weight is 506 g/mol. The van der Waals surface area contributed by atoms with Crippen molar-refractivity contribution in [3.05, 3.63) is 62.9 Å². The van der Waals surface area contributed by atoms with Crippen LogP contribution >= 0.6 is 23.5 Å². The number of nitrogens with one attached hydrogen (secondary N) is 1. The number of benzene rings is 1. The van der Waals surface area contributed by atoms with Crippen molar-refractivity contribution in [1.29, 1.82) is 0 Å². The predicted molar refractivity (Wildman–Crippen MR) is 126 cm³/mol. The number of non-ortho nitro benzene ring substituents is 1. The van der Waals surface area contributed by atoms with Gasteiger partial charge in [0.2, 0.25) is 5.91 Å². The molecule has 0 spiro atoms. The lowest BCUT2D eigenvalue weighted by atomic mass is 9.76. The maximum atomic E-state index is 12.8. The van der Waals surface area contributed by atoms with Crippen LogP contribution in [0.15, 0.2) is 52.4 Å². The Morgan fingerprint density at radius 2 is 2.06 bits per heavy atom. The zero-order valence-corrected chi connectivity index (χ0v) is 20.2. The lowest BCUT2D eigenvalue weighted by Gasteiger charge is -2.47. The monoisotopic (exact) mass is 505 g/mol. The molecule has 0 radical (unpaired) electrons. The van der Waals surface area contributed by atoms with Crippen LogP contribution in [0.3, 0.4) is 0 Å². The maximum absolute atomic E-state index is 12.8. The summed E-state index contributed by atoms with van der Waals surface area (Å²) in [5.74, 6) is -1.97. The number of imidazole rings is 1. The van der Waals surface area contributed by atoms with Crippen LogP contribution in [0.4, 0.5) is 5.69 Å². The van der Waals surface area contributed by atoms with Gasteiger partial charge < -0.3 is 15.1 Å². The van der Waals surface area contributed by atoms with E-state index in [4.69, 9.17) is 0 Å². The van der Waals surface area contributed by atoms with E-state index in [1.165, 1.54) is 28.8 Å². The summed E-state index contributed by atoms with van der Waals surface area (Å²) in [5.41, 5.74) is 0.753. The van der Waals surface area contributed by atoms with Gasteiger partial charge in [-0.3, -0.25) is 14.9 Å². The molecule has 0 aliphatic carbocycles. The molecule has 0 saturated carbocycles. The van der Waals surface area contributed by atoms with E-state index in [0.717, 1.165) is 10.7 Å². The number of carboxylic acid groups (broad SMARTS) is 1. The smallest absolute Gasteiger partial charge is 0.353 e. The van der Waals surface area contributed by atoms with Crippen molar-refractivity contribution in [3.63, 3.8) is 0 Å². The van der Waals surface area contributed by atoms with E-state index in [-0.39, 0.29) is 23.2 Å². The number of hydrogen-bond acceptors (Lipinski definition) is 7. The number of carboxylic acids is 1. The minimum atomic E-state index is -1.17. The molecule has 1 fully saturated rings. The minimum Gasteiger partial charge on any atom is -0.477 e. The highest BCUT2D eigenvalue weighted by atomic mass is 32.2. The van der Waals surface area contributed by atoms with Gasteiger partial charge in [0.1, 0.15) is 24.6 Å². The summed E-state index contributed by atoms with van der Waals surface area (Å²) in [6.07, 6.45) is 5.21. The number of amides is 1. The molecule has 0 bridgehead atoms. The van der Waals surface area contributed by atoms with Crippen molar-refractivity contribution in [3.8, 4) is 0 Å². The number of carbonyl (C=O) groups is 2. The second kappa shape index (κ2) is 9.80. The highest BCUT2D eigenvalue weighted by Gasteiger charge is 2.61. The Morgan fingerprint density at radius 1 is 1.35 bits per heavy atom. The molecule has 3 N–H and O–H groups in total. The minimum absolute atomic E-state index is 0.0204. The molecule has 1 saturated heterocycles. The van der Waals surface area contributed by atoms with Gasteiger partial charge in [0, 0.05) is 28.7 Å². The first kappa shape index (κ1) is 24.3. The van der Waals surface area contributed by atoms with Crippen molar-refractivity contribution in [2.24, 2.45) is 11.8 Å². The average Bonchev–Trinajstić information content (AvgIpc) is 3.35. The number of fused-ring (bicyclic) bond motifs is 1. The summed E-state index contributed by atoms with van der Waals surface area (Å²) in [6, 6.07) is 5.68. The van der Waals surface area contributed by atoms with Crippen LogP contribution in [-0.2, 0) is 22.6 Å². The summed E-state index contributed by atoms with van der Waals surface area (Å²) in [6.45, 7) is 2.18. The molecule has 4 atom stereocenters. The predicted octanol–water partition coefficient (Wildman–Crippen LogP) is 2.04. The van der Waals surface area contributed by atoms with Crippen molar-refractivity contribution in [1.82, 2.24) is 9.88 Å². The fraction of sp³-hybridized carbons (Fsp3) is 0.409. The van der Waals surface area contributed by atoms with Gasteiger partial charge in [-0.05, 0) is 36.9 Å². The number of carbonyl (C=O) groups excluding carboxylic acids is 1. The number of aromatic nitrogens is 2. The lowest BCUT2D eigenvalue weighted by molar-refractivity contribution is -0.727. The Hall–Kier alpha value is -2.83. The number of aryl methyl sites for hydroxylation is 1. The molecule has 1 aromatic heterocycles. The largest absolute Gasteiger partial charge is 0.477 e. The van der Waals surface area contributed by atoms with Crippen LogP contribution in [0.5, 0.6) is 0 Å². The molecular formula is C22H25N4O6S2+. The first-order valence-electron chi connectivity index (χ1n) is 10.7. The normalized spacial score (nSPS) is 22.5. The van der Waals surface area contributed by atoms with E-state index in [0.29, 0.717) is 23.6 Å². The summed E-state index contributed by atoms with van der Waals surface area (Å²) < 4.78 is 2.04. The van der Waals surface area contributed by atoms with Crippen LogP contribution in [-0.4, -0.2) is 61.1 Å². The number of aliphatic carboxylic acids is 1. The summed E-state index contributed by atoms with van der Waals surface area (Å²) in [4.78, 5) is 40.6. The van der Waals surface area contributed by atoms with Gasteiger partial charge >= 0.3 is 11.1 Å². The zero-order valence-electron chi connectivity index (χ0n) is 18.6. The topological polar surface area (TPSA) is 141 Å². The Morgan fingerprint density at radius 3 is 2.65 bits per heavy atom. The highest BCUT2D eigenvalue weighted by Crippen LogP contribution is 2.51. The van der Waals surface area contributed by atoms with Crippen LogP contribution in [0.1, 0.15) is 12.5 Å². The second-order valence-corrected chi connectivity index (χ2v) is 10.2. The molecule has 12 heteroatoms. The summed E-state index contributed by atoms with van der Waals surface area (Å²) in [5, 5.41) is 32.2. The molecule has 1 aromatic carbocycles. The molecule has 4 rings (SSSR count). The Balaban J connectivity index is 1.63. The van der Waals surface area contributed by atoms with E-state index in [2.05, 4.69) is 4.98 Å². The quantitative estimate of drug-likeness (QED) is 0.146. The van der Waals surface area contributed by atoms with Gasteiger partial charge in [-0.15, -0.1) is 11.8 Å². The molecule has 1 amide bonds. The fourth-order valence-corrected chi connectivity index (χ4v) is 6.56. The SMILES string of the molecule is CSc1[nH]cc[n+]1CCSC1=C(C(=O)O)N2C(=O)[C@H]([C@@H](C)O)[C@@H]2C1Cc1ccc([N+](=O)[O-])cc1. The number of rotatable bonds is 10. The molecule has 34 heavy (non-hydrogen) atoms. The third-order valence-electron chi connectivity index (χ3n) is 6.24. The van der Waals surface area contributed by atoms with E-state index >= 15 is 0 Å². The third kappa shape index (κ3) is 4.32. The van der Waals surface area contributed by atoms with Crippen LogP contribution in [0.25, 0.3) is 0 Å². The number of aromatic amines is 1. The number of hydrogen-bond donors (Lipinski definition) is 3. The highest BCUT2D eigenvalue weighted by molar-refractivity contribution is 8.03. The van der Waals surface area contributed by atoms with E-state index in [9.17, 15) is 29.9 Å². The van der Waals surface area contributed by atoms with Gasteiger partial charge in [-0.1, -0.05) is 12.1 Å². The number of nitro groups is 1. The third-order valence-corrected chi connectivity index (χ3v) is 8.18. The Bertz CT molecular complexity index is 1150. The van der Waals surface area contributed by atoms with Crippen molar-refractivity contribution < 1.29 is 29.3 Å². The zero-order chi connectivity index (χ0) is 24.6. The molecule has 2 aromatic rings. The number of thioether (sulfide) groups is 2. The fourth-order valence-electron chi connectivity index (χ4n) is 4.72. The number of aliphatic hydroxyl groups is 1. The Labute approximate surface area is 204 Å². The maximum Gasteiger partial charge on any atom is 0.353 e. The van der Waals surface area contributed by atoms with Gasteiger partial charge in [-0.2, -0.15) is 0 Å². The molecule has 1 unspecified atom stereocenters. The molecular weight excluding hydrogens is 480 g/mol. The van der Waals surface area contributed by atoms with E-state index in [1.807, 2.05) is 23.2 Å². The number of β-lactam (4-membered cyclic amide) rings is 1. The van der Waals surface area contributed by atoms with Crippen molar-refractivity contribution in [2.45, 2.75) is 37.2 Å². The summed E-state index contributed by atoms with van der Waals surface area (Å²) >= 11 is 2.98. The standard InChI is InChI=1S/C22H24N4O6S2/c1-12(27)16-17-15(11-13-3-5-14(6-4-13)26(31)32)19(18(21(29)30)25(17)20(16)28)34-10-9-24-8-7-23-22(24)33-2/h3-8,12,15-17,27H,9-11H2,1-2H3,(H,29,30)/p+1/t12-,15?,16-,17+/m1/s1. The van der Waals surface area contributed by atoms with Crippen LogP contribution < -0.4 is 4.57 Å². The first-order valence-corrected chi connectivity index (χ1v) is 12.9. The first-order chi connectivity index (χ1) is 16.2. The molecule has 2 aliphatic rings.